The Morgan fingerprint density at radius 3 is 2.15 bits per heavy atom. The Kier molecular flexibility index (Phi) is 4.30. The van der Waals surface area contributed by atoms with Crippen molar-refractivity contribution in [3.05, 3.63) is 12.4 Å². The van der Waals surface area contributed by atoms with Gasteiger partial charge in [0.15, 0.2) is 0 Å². The number of hydrogen-bond acceptors (Lipinski definition) is 2. The summed E-state index contributed by atoms with van der Waals surface area (Å²) in [6.45, 7) is 4.00. The number of rotatable bonds is 1. The molecular weight excluding hydrogens is 183 g/mol. The lowest BCUT2D eigenvalue weighted by atomic mass is 10.6. The van der Waals surface area contributed by atoms with Crippen LogP contribution in [0.3, 0.4) is 0 Å². The highest BCUT2D eigenvalue weighted by Crippen LogP contribution is 2.22. The molecule has 0 unspecified atom stereocenters. The molecule has 0 saturated heterocycles. The van der Waals surface area contributed by atoms with Gasteiger partial charge in [-0.25, -0.2) is 0 Å². The Balaban J connectivity index is 0.000000671. The standard InChI is InChI=1S/C5H6F3N3.C2H6/c1-9-4-2-10-11(3-4)5(6,7)8;1-2/h2-3,9H,1H3;1-2H3. The van der Waals surface area contributed by atoms with E-state index in [1.54, 1.807) is 0 Å². The zero-order valence-electron chi connectivity index (χ0n) is 7.68. The van der Waals surface area contributed by atoms with Crippen LogP contribution >= 0.6 is 0 Å². The van der Waals surface area contributed by atoms with Crippen molar-refractivity contribution >= 4 is 5.69 Å². The van der Waals surface area contributed by atoms with Crippen LogP contribution in [0, 0.1) is 0 Å². The summed E-state index contributed by atoms with van der Waals surface area (Å²) >= 11 is 0. The first kappa shape index (κ1) is 11.8. The van der Waals surface area contributed by atoms with Gasteiger partial charge < -0.3 is 5.32 Å². The highest BCUT2D eigenvalue weighted by Gasteiger charge is 2.31. The van der Waals surface area contributed by atoms with Gasteiger partial charge in [0.2, 0.25) is 0 Å². The molecule has 1 aromatic heterocycles. The fourth-order valence-electron chi connectivity index (χ4n) is 0.591. The van der Waals surface area contributed by atoms with Crippen molar-refractivity contribution in [2.45, 2.75) is 20.1 Å². The van der Waals surface area contributed by atoms with E-state index in [1.807, 2.05) is 13.8 Å². The fraction of sp³-hybridized carbons (Fsp3) is 0.571. The van der Waals surface area contributed by atoms with Crippen LogP contribution in [0.1, 0.15) is 13.8 Å². The molecule has 1 N–H and O–H groups in total. The molecular formula is C7H12F3N3. The number of anilines is 1. The first-order valence-corrected chi connectivity index (χ1v) is 3.83. The first-order valence-electron chi connectivity index (χ1n) is 3.83. The minimum absolute atomic E-state index is 0.0567. The predicted octanol–water partition coefficient (Wildman–Crippen LogP) is 2.43. The van der Waals surface area contributed by atoms with Crippen LogP contribution in [-0.2, 0) is 6.30 Å². The molecule has 76 valence electrons. The van der Waals surface area contributed by atoms with Crippen LogP contribution in [0.4, 0.5) is 18.9 Å². The van der Waals surface area contributed by atoms with Crippen molar-refractivity contribution in [1.29, 1.82) is 0 Å². The average molecular weight is 195 g/mol. The Hall–Kier alpha value is -1.20. The van der Waals surface area contributed by atoms with Gasteiger partial charge in [-0.1, -0.05) is 13.8 Å². The van der Waals surface area contributed by atoms with E-state index >= 15 is 0 Å². The van der Waals surface area contributed by atoms with E-state index < -0.39 is 6.30 Å². The molecule has 0 fully saturated rings. The fourth-order valence-corrected chi connectivity index (χ4v) is 0.591. The smallest absolute Gasteiger partial charge is 0.386 e. The van der Waals surface area contributed by atoms with E-state index in [2.05, 4.69) is 10.4 Å². The van der Waals surface area contributed by atoms with E-state index in [0.29, 0.717) is 5.69 Å². The minimum atomic E-state index is -4.42. The maximum absolute atomic E-state index is 11.8. The number of hydrogen-bond donors (Lipinski definition) is 1. The molecule has 0 bridgehead atoms. The third-order valence-electron chi connectivity index (χ3n) is 1.13. The van der Waals surface area contributed by atoms with Crippen molar-refractivity contribution in [1.82, 2.24) is 9.78 Å². The molecule has 1 aromatic rings. The molecule has 0 amide bonds. The average Bonchev–Trinajstić information content (AvgIpc) is 2.54. The topological polar surface area (TPSA) is 29.9 Å². The maximum Gasteiger partial charge on any atom is 0.504 e. The van der Waals surface area contributed by atoms with Gasteiger partial charge in [-0.2, -0.15) is 9.78 Å². The largest absolute Gasteiger partial charge is 0.504 e. The van der Waals surface area contributed by atoms with Gasteiger partial charge in [0.1, 0.15) is 0 Å². The normalized spacial score (nSPS) is 10.3. The Morgan fingerprint density at radius 2 is 1.92 bits per heavy atom. The van der Waals surface area contributed by atoms with Crippen molar-refractivity contribution in [2.75, 3.05) is 12.4 Å². The maximum atomic E-state index is 11.8. The van der Waals surface area contributed by atoms with Crippen molar-refractivity contribution < 1.29 is 13.2 Å². The third kappa shape index (κ3) is 3.35. The van der Waals surface area contributed by atoms with Crippen molar-refractivity contribution in [3.8, 4) is 0 Å². The van der Waals surface area contributed by atoms with Gasteiger partial charge >= 0.3 is 6.30 Å². The van der Waals surface area contributed by atoms with Gasteiger partial charge in [-0.3, -0.25) is 0 Å². The minimum Gasteiger partial charge on any atom is -0.386 e. The second-order valence-electron chi connectivity index (χ2n) is 1.89. The Labute approximate surface area is 74.6 Å². The van der Waals surface area contributed by atoms with E-state index in [0.717, 1.165) is 12.4 Å². The Morgan fingerprint density at radius 1 is 1.38 bits per heavy atom. The molecule has 6 heteroatoms. The van der Waals surface area contributed by atoms with Gasteiger partial charge in [-0.15, -0.1) is 13.2 Å². The second-order valence-corrected chi connectivity index (χ2v) is 1.89. The van der Waals surface area contributed by atoms with E-state index in [-0.39, 0.29) is 4.68 Å². The van der Waals surface area contributed by atoms with Gasteiger partial charge in [0.05, 0.1) is 18.1 Å². The SMILES string of the molecule is CC.CNc1cnn(C(F)(F)F)c1. The van der Waals surface area contributed by atoms with E-state index in [9.17, 15) is 13.2 Å². The first-order chi connectivity index (χ1) is 6.04. The molecule has 0 aliphatic rings. The zero-order chi connectivity index (χ0) is 10.5. The highest BCUT2D eigenvalue weighted by atomic mass is 19.4. The Bertz CT molecular complexity index is 241. The van der Waals surface area contributed by atoms with Crippen LogP contribution in [0.5, 0.6) is 0 Å². The summed E-state index contributed by atoms with van der Waals surface area (Å²) < 4.78 is 35.4. The lowest BCUT2D eigenvalue weighted by Crippen LogP contribution is -2.16. The summed E-state index contributed by atoms with van der Waals surface area (Å²) in [6.07, 6.45) is -2.44. The summed E-state index contributed by atoms with van der Waals surface area (Å²) in [6, 6.07) is 0. The number of nitrogens with one attached hydrogen (secondary N) is 1. The highest BCUT2D eigenvalue weighted by molar-refractivity contribution is 5.36. The molecule has 0 radical (unpaired) electrons. The van der Waals surface area contributed by atoms with Gasteiger partial charge in [0.25, 0.3) is 0 Å². The monoisotopic (exact) mass is 195 g/mol. The lowest BCUT2D eigenvalue weighted by molar-refractivity contribution is -0.212. The number of halogens is 3. The number of aromatic nitrogens is 2. The summed E-state index contributed by atoms with van der Waals surface area (Å²) in [5, 5.41) is 5.62. The third-order valence-corrected chi connectivity index (χ3v) is 1.13. The van der Waals surface area contributed by atoms with Crippen molar-refractivity contribution in [2.24, 2.45) is 0 Å². The molecule has 3 nitrogen and oxygen atoms in total. The summed E-state index contributed by atoms with van der Waals surface area (Å²) in [7, 11) is 1.53. The molecule has 0 aliphatic carbocycles. The van der Waals surface area contributed by atoms with Crippen LogP contribution in [-0.4, -0.2) is 16.8 Å². The number of alkyl halides is 3. The van der Waals surface area contributed by atoms with Crippen LogP contribution < -0.4 is 5.32 Å². The summed E-state index contributed by atoms with van der Waals surface area (Å²) in [5.74, 6) is 0. The lowest BCUT2D eigenvalue weighted by Gasteiger charge is -2.03. The second kappa shape index (κ2) is 4.74. The molecule has 1 rings (SSSR count). The van der Waals surface area contributed by atoms with Gasteiger partial charge in [0, 0.05) is 7.05 Å². The summed E-state index contributed by atoms with van der Waals surface area (Å²) in [4.78, 5) is 0. The molecule has 0 atom stereocenters. The number of nitrogens with zero attached hydrogens (tertiary/aromatic N) is 2. The molecule has 0 aromatic carbocycles. The van der Waals surface area contributed by atoms with Crippen molar-refractivity contribution in [3.63, 3.8) is 0 Å². The predicted molar refractivity (Wildman–Crippen MR) is 44.4 cm³/mol. The molecule has 0 spiro atoms. The van der Waals surface area contributed by atoms with E-state index in [1.165, 1.54) is 7.05 Å². The molecule has 1 heterocycles. The van der Waals surface area contributed by atoms with Gasteiger partial charge in [-0.05, 0) is 0 Å². The van der Waals surface area contributed by atoms with Crippen LogP contribution in [0.15, 0.2) is 12.4 Å². The van der Waals surface area contributed by atoms with E-state index in [4.69, 9.17) is 0 Å². The van der Waals surface area contributed by atoms with Crippen LogP contribution in [0.2, 0.25) is 0 Å². The summed E-state index contributed by atoms with van der Waals surface area (Å²) in [5.41, 5.74) is 0.335. The molecule has 13 heavy (non-hydrogen) atoms. The quantitative estimate of drug-likeness (QED) is 0.745. The molecule has 0 aliphatic heterocycles. The molecule has 0 saturated carbocycles. The van der Waals surface area contributed by atoms with Crippen LogP contribution in [0.25, 0.3) is 0 Å². The zero-order valence-corrected chi connectivity index (χ0v) is 7.68.